The van der Waals surface area contributed by atoms with Crippen molar-refractivity contribution in [2.45, 2.75) is 29.7 Å². The Labute approximate surface area is 226 Å². The topological polar surface area (TPSA) is 91.9 Å². The molecule has 5 aromatic rings. The van der Waals surface area contributed by atoms with Gasteiger partial charge in [0.1, 0.15) is 5.25 Å². The van der Waals surface area contributed by atoms with Crippen molar-refractivity contribution in [2.75, 3.05) is 5.32 Å². The molecule has 0 unspecified atom stereocenters. The number of H-pyrrole nitrogens is 1. The Balaban J connectivity index is 1.44. The van der Waals surface area contributed by atoms with Gasteiger partial charge in [-0.05, 0) is 42.8 Å². The second kappa shape index (κ2) is 10.3. The molecule has 0 spiro atoms. The minimum atomic E-state index is -4.46. The molecule has 6 nitrogen and oxygen atoms in total. The smallest absolute Gasteiger partial charge is 0.361 e. The van der Waals surface area contributed by atoms with Crippen molar-refractivity contribution in [1.82, 2.24) is 9.97 Å². The lowest BCUT2D eigenvalue weighted by atomic mass is 10.1. The quantitative estimate of drug-likeness (QED) is 0.230. The SMILES string of the molecule is Cc1ccc(S(=O)(=O)[C@@H](Cc2c[nH]c3ccccc23)C(=O)Nc2nc(-c3ccc(C(F)(F)F)cc3)cs2)cc1. The number of hydrogen-bond donors (Lipinski definition) is 2. The van der Waals surface area contributed by atoms with E-state index in [0.29, 0.717) is 16.8 Å². The number of benzene rings is 3. The summed E-state index contributed by atoms with van der Waals surface area (Å²) in [6, 6.07) is 18.2. The Hall–Kier alpha value is -3.96. The highest BCUT2D eigenvalue weighted by Crippen LogP contribution is 2.32. The van der Waals surface area contributed by atoms with E-state index in [1.165, 1.54) is 24.3 Å². The number of para-hydroxylation sites is 1. The number of carbonyl (C=O) groups is 1. The van der Waals surface area contributed by atoms with Gasteiger partial charge in [-0.3, -0.25) is 4.79 Å². The number of nitrogens with one attached hydrogen (secondary N) is 2. The lowest BCUT2D eigenvalue weighted by molar-refractivity contribution is -0.137. The highest BCUT2D eigenvalue weighted by Gasteiger charge is 2.35. The Bertz CT molecular complexity index is 1740. The van der Waals surface area contributed by atoms with E-state index >= 15 is 0 Å². The summed E-state index contributed by atoms with van der Waals surface area (Å²) >= 11 is 1.05. The molecule has 1 atom stereocenters. The van der Waals surface area contributed by atoms with Crippen LogP contribution in [0.4, 0.5) is 18.3 Å². The van der Waals surface area contributed by atoms with Gasteiger partial charge >= 0.3 is 6.18 Å². The summed E-state index contributed by atoms with van der Waals surface area (Å²) in [5, 5.41) is 3.69. The van der Waals surface area contributed by atoms with Crippen LogP contribution >= 0.6 is 11.3 Å². The molecule has 2 aromatic heterocycles. The maximum Gasteiger partial charge on any atom is 0.416 e. The zero-order valence-corrected chi connectivity index (χ0v) is 22.1. The molecule has 0 aliphatic rings. The minimum Gasteiger partial charge on any atom is -0.361 e. The van der Waals surface area contributed by atoms with Crippen LogP contribution in [-0.4, -0.2) is 29.5 Å². The Kier molecular flexibility index (Phi) is 7.04. The summed E-state index contributed by atoms with van der Waals surface area (Å²) in [4.78, 5) is 21.0. The van der Waals surface area contributed by atoms with Gasteiger partial charge in [0, 0.05) is 34.5 Å². The number of thiazole rings is 1. The largest absolute Gasteiger partial charge is 0.416 e. The zero-order valence-electron chi connectivity index (χ0n) is 20.5. The van der Waals surface area contributed by atoms with Gasteiger partial charge in [0.15, 0.2) is 15.0 Å². The molecule has 2 N–H and O–H groups in total. The first kappa shape index (κ1) is 26.6. The average molecular weight is 570 g/mol. The number of aryl methyl sites for hydroxylation is 1. The molecule has 11 heteroatoms. The van der Waals surface area contributed by atoms with Crippen LogP contribution in [0.2, 0.25) is 0 Å². The van der Waals surface area contributed by atoms with Crippen LogP contribution in [0.25, 0.3) is 22.2 Å². The number of rotatable bonds is 7. The molecule has 0 saturated carbocycles. The van der Waals surface area contributed by atoms with Gasteiger partial charge in [0.25, 0.3) is 0 Å². The fourth-order valence-electron chi connectivity index (χ4n) is 4.22. The fraction of sp³-hybridized carbons (Fsp3) is 0.143. The Morgan fingerprint density at radius 1 is 1.03 bits per heavy atom. The minimum absolute atomic E-state index is 0.0256. The molecule has 1 amide bonds. The predicted octanol–water partition coefficient (Wildman–Crippen LogP) is 6.64. The summed E-state index contributed by atoms with van der Waals surface area (Å²) in [6.45, 7) is 1.84. The van der Waals surface area contributed by atoms with Crippen molar-refractivity contribution in [3.63, 3.8) is 0 Å². The van der Waals surface area contributed by atoms with Crippen LogP contribution < -0.4 is 5.32 Å². The zero-order chi connectivity index (χ0) is 27.8. The Morgan fingerprint density at radius 3 is 2.41 bits per heavy atom. The number of sulfone groups is 1. The first-order valence-corrected chi connectivity index (χ1v) is 14.2. The van der Waals surface area contributed by atoms with Crippen molar-refractivity contribution < 1.29 is 26.4 Å². The normalized spacial score (nSPS) is 12.9. The van der Waals surface area contributed by atoms with Gasteiger partial charge in [0.05, 0.1) is 16.2 Å². The number of hydrogen-bond acceptors (Lipinski definition) is 5. The van der Waals surface area contributed by atoms with Crippen LogP contribution in [0.5, 0.6) is 0 Å². The van der Waals surface area contributed by atoms with E-state index in [1.54, 1.807) is 23.7 Å². The highest BCUT2D eigenvalue weighted by molar-refractivity contribution is 7.92. The molecule has 0 aliphatic carbocycles. The number of halogens is 3. The highest BCUT2D eigenvalue weighted by atomic mass is 32.2. The van der Waals surface area contributed by atoms with Crippen molar-refractivity contribution in [3.05, 3.63) is 101 Å². The van der Waals surface area contributed by atoms with E-state index in [-0.39, 0.29) is 16.4 Å². The van der Waals surface area contributed by atoms with Crippen LogP contribution in [-0.2, 0) is 27.2 Å². The molecule has 0 bridgehead atoms. The Morgan fingerprint density at radius 2 is 1.72 bits per heavy atom. The molecule has 0 radical (unpaired) electrons. The van der Waals surface area contributed by atoms with Crippen molar-refractivity contribution >= 4 is 43.1 Å². The van der Waals surface area contributed by atoms with Gasteiger partial charge in [-0.1, -0.05) is 48.0 Å². The standard InChI is InChI=1S/C28H22F3N3O3S2/c1-17-6-12-21(13-7-17)39(36,37)25(14-19-15-32-23-5-3-2-4-22(19)23)26(35)34-27-33-24(16-38-27)18-8-10-20(11-9-18)28(29,30)31/h2-13,15-16,25,32H,14H2,1H3,(H,33,34,35)/t25-/m0/s1. The summed E-state index contributed by atoms with van der Waals surface area (Å²) in [7, 11) is -4.10. The third-order valence-corrected chi connectivity index (χ3v) is 9.16. The number of fused-ring (bicyclic) bond motifs is 1. The lowest BCUT2D eigenvalue weighted by Crippen LogP contribution is -2.37. The van der Waals surface area contributed by atoms with E-state index in [2.05, 4.69) is 15.3 Å². The predicted molar refractivity (Wildman–Crippen MR) is 145 cm³/mol. The first-order valence-electron chi connectivity index (χ1n) is 11.8. The van der Waals surface area contributed by atoms with Crippen LogP contribution in [0, 0.1) is 6.92 Å². The third kappa shape index (κ3) is 5.59. The van der Waals surface area contributed by atoms with E-state index in [9.17, 15) is 26.4 Å². The number of aromatic amines is 1. The molecule has 0 aliphatic heterocycles. The molecule has 2 heterocycles. The van der Waals surface area contributed by atoms with Gasteiger partial charge < -0.3 is 10.3 Å². The van der Waals surface area contributed by atoms with Gasteiger partial charge in [-0.15, -0.1) is 11.3 Å². The monoisotopic (exact) mass is 569 g/mol. The first-order chi connectivity index (χ1) is 18.5. The second-order valence-electron chi connectivity index (χ2n) is 9.01. The average Bonchev–Trinajstić information content (AvgIpc) is 3.54. The third-order valence-electron chi connectivity index (χ3n) is 6.34. The van der Waals surface area contributed by atoms with E-state index in [4.69, 9.17) is 0 Å². The molecular weight excluding hydrogens is 547 g/mol. The molecule has 0 fully saturated rings. The summed E-state index contributed by atoms with van der Waals surface area (Å²) in [6.07, 6.45) is -2.84. The molecule has 200 valence electrons. The van der Waals surface area contributed by atoms with Crippen LogP contribution in [0.1, 0.15) is 16.7 Å². The second-order valence-corrected chi connectivity index (χ2v) is 12.0. The van der Waals surface area contributed by atoms with Crippen LogP contribution in [0.3, 0.4) is 0 Å². The fourth-order valence-corrected chi connectivity index (χ4v) is 6.52. The van der Waals surface area contributed by atoms with Crippen molar-refractivity contribution in [3.8, 4) is 11.3 Å². The summed E-state index contributed by atoms with van der Waals surface area (Å²) in [5.74, 6) is -0.755. The number of aromatic nitrogens is 2. The lowest BCUT2D eigenvalue weighted by Gasteiger charge is -2.17. The number of nitrogens with zero attached hydrogens (tertiary/aromatic N) is 1. The number of carbonyl (C=O) groups excluding carboxylic acids is 1. The molecular formula is C28H22F3N3O3S2. The van der Waals surface area contributed by atoms with E-state index in [0.717, 1.165) is 39.9 Å². The molecule has 5 rings (SSSR count). The number of amides is 1. The summed E-state index contributed by atoms with van der Waals surface area (Å²) in [5.41, 5.74) is 2.38. The van der Waals surface area contributed by atoms with Crippen LogP contribution in [0.15, 0.2) is 89.3 Å². The number of alkyl halides is 3. The molecule has 3 aromatic carbocycles. The summed E-state index contributed by atoms with van der Waals surface area (Å²) < 4.78 is 66.1. The van der Waals surface area contributed by atoms with E-state index < -0.39 is 32.7 Å². The number of anilines is 1. The maximum absolute atomic E-state index is 13.7. The van der Waals surface area contributed by atoms with Gasteiger partial charge in [0.2, 0.25) is 5.91 Å². The maximum atomic E-state index is 13.7. The molecule has 39 heavy (non-hydrogen) atoms. The van der Waals surface area contributed by atoms with E-state index in [1.807, 2.05) is 31.2 Å². The van der Waals surface area contributed by atoms with Gasteiger partial charge in [-0.25, -0.2) is 13.4 Å². The van der Waals surface area contributed by atoms with Crippen molar-refractivity contribution in [1.29, 1.82) is 0 Å². The van der Waals surface area contributed by atoms with Gasteiger partial charge in [-0.2, -0.15) is 13.2 Å². The molecule has 0 saturated heterocycles. The van der Waals surface area contributed by atoms with Crippen molar-refractivity contribution in [2.24, 2.45) is 0 Å².